The smallest absolute Gasteiger partial charge is 0.236 e. The molecule has 0 radical (unpaired) electrons. The average molecular weight is 268 g/mol. The monoisotopic (exact) mass is 268 g/mol. The summed E-state index contributed by atoms with van der Waals surface area (Å²) >= 11 is 3.17. The number of carbonyl (C=O) groups excluding carboxylic acids is 1. The largest absolute Gasteiger partial charge is 0.331 e. The fraction of sp³-hybridized carbons (Fsp3) is 0.300. The predicted molar refractivity (Wildman–Crippen MR) is 70.2 cm³/mol. The number of nitrogens with zero attached hydrogens (tertiary/aromatic N) is 2. The van der Waals surface area contributed by atoms with Crippen molar-refractivity contribution in [2.75, 3.05) is 11.1 Å². The Morgan fingerprint density at radius 3 is 3.18 bits per heavy atom. The first-order valence-corrected chi connectivity index (χ1v) is 7.05. The Morgan fingerprint density at radius 1 is 1.65 bits per heavy atom. The van der Waals surface area contributed by atoms with E-state index in [1.807, 2.05) is 12.3 Å². The number of aromatic amines is 1. The van der Waals surface area contributed by atoms with Gasteiger partial charge in [0, 0.05) is 23.5 Å². The molecule has 2 N–H and O–H groups in total. The lowest BCUT2D eigenvalue weighted by Crippen LogP contribution is -2.15. The van der Waals surface area contributed by atoms with E-state index < -0.39 is 0 Å². The maximum Gasteiger partial charge on any atom is 0.236 e. The summed E-state index contributed by atoms with van der Waals surface area (Å²) in [5, 5.41) is 5.75. The van der Waals surface area contributed by atoms with Gasteiger partial charge in [-0.25, -0.2) is 9.97 Å². The second-order valence-corrected chi connectivity index (χ2v) is 5.38. The molecule has 0 saturated heterocycles. The van der Waals surface area contributed by atoms with Crippen LogP contribution in [0, 0.1) is 6.92 Å². The number of amides is 1. The van der Waals surface area contributed by atoms with Gasteiger partial charge in [0.05, 0.1) is 16.5 Å². The number of hydrogen-bond acceptors (Lipinski definition) is 5. The van der Waals surface area contributed by atoms with Gasteiger partial charge in [-0.05, 0) is 6.92 Å². The quantitative estimate of drug-likeness (QED) is 0.870. The van der Waals surface area contributed by atoms with Gasteiger partial charge in [0.25, 0.3) is 0 Å². The van der Waals surface area contributed by atoms with Gasteiger partial charge in [0.2, 0.25) is 11.9 Å². The number of thiazole rings is 1. The number of imidazole rings is 1. The van der Waals surface area contributed by atoms with Crippen molar-refractivity contribution in [3.05, 3.63) is 28.5 Å². The van der Waals surface area contributed by atoms with Crippen molar-refractivity contribution in [3.63, 3.8) is 0 Å². The number of hydrogen-bond donors (Lipinski definition) is 2. The molecule has 0 aliphatic carbocycles. The van der Waals surface area contributed by atoms with Gasteiger partial charge < -0.3 is 4.98 Å². The normalized spacial score (nSPS) is 10.4. The SMILES string of the molecule is Cc1nc(CSCC(=O)Nc2ncc[nH]2)cs1. The van der Waals surface area contributed by atoms with Crippen LogP contribution >= 0.6 is 23.1 Å². The van der Waals surface area contributed by atoms with Gasteiger partial charge in [-0.1, -0.05) is 0 Å². The molecule has 2 rings (SSSR count). The van der Waals surface area contributed by atoms with Crippen LogP contribution in [0.1, 0.15) is 10.7 Å². The highest BCUT2D eigenvalue weighted by atomic mass is 32.2. The molecule has 2 aromatic rings. The number of rotatable bonds is 5. The molecule has 5 nitrogen and oxygen atoms in total. The van der Waals surface area contributed by atoms with Crippen LogP contribution in [-0.4, -0.2) is 26.6 Å². The predicted octanol–water partition coefficient (Wildman–Crippen LogP) is 2.05. The number of H-pyrrole nitrogens is 1. The molecule has 17 heavy (non-hydrogen) atoms. The van der Waals surface area contributed by atoms with Crippen molar-refractivity contribution in [1.29, 1.82) is 0 Å². The summed E-state index contributed by atoms with van der Waals surface area (Å²) in [6, 6.07) is 0. The lowest BCUT2D eigenvalue weighted by molar-refractivity contribution is -0.113. The Bertz CT molecular complexity index is 480. The molecule has 0 atom stereocenters. The Kier molecular flexibility index (Phi) is 4.16. The van der Waals surface area contributed by atoms with Crippen LogP contribution < -0.4 is 5.32 Å². The maximum atomic E-state index is 11.5. The zero-order valence-corrected chi connectivity index (χ0v) is 10.9. The fourth-order valence-electron chi connectivity index (χ4n) is 1.22. The molecule has 0 fully saturated rings. The van der Waals surface area contributed by atoms with E-state index in [0.717, 1.165) is 16.5 Å². The van der Waals surface area contributed by atoms with E-state index >= 15 is 0 Å². The average Bonchev–Trinajstić information content (AvgIpc) is 2.90. The van der Waals surface area contributed by atoms with E-state index in [-0.39, 0.29) is 5.91 Å². The van der Waals surface area contributed by atoms with Crippen molar-refractivity contribution < 1.29 is 4.79 Å². The van der Waals surface area contributed by atoms with Crippen LogP contribution in [0.4, 0.5) is 5.95 Å². The number of carbonyl (C=O) groups is 1. The first-order valence-electron chi connectivity index (χ1n) is 5.02. The minimum absolute atomic E-state index is 0.0584. The summed E-state index contributed by atoms with van der Waals surface area (Å²) < 4.78 is 0. The van der Waals surface area contributed by atoms with E-state index in [1.54, 1.807) is 35.5 Å². The van der Waals surface area contributed by atoms with Gasteiger partial charge >= 0.3 is 0 Å². The molecule has 90 valence electrons. The molecule has 7 heteroatoms. The standard InChI is InChI=1S/C10H12N4OS2/c1-7-13-8(5-17-7)4-16-6-9(15)14-10-11-2-3-12-10/h2-3,5H,4,6H2,1H3,(H2,11,12,14,15). The molecule has 0 bridgehead atoms. The van der Waals surface area contributed by atoms with Crippen LogP contribution in [0.25, 0.3) is 0 Å². The summed E-state index contributed by atoms with van der Waals surface area (Å²) in [7, 11) is 0. The third kappa shape index (κ3) is 3.86. The number of aryl methyl sites for hydroxylation is 1. The summed E-state index contributed by atoms with van der Waals surface area (Å²) in [5.74, 6) is 1.59. The minimum Gasteiger partial charge on any atom is -0.331 e. The highest BCUT2D eigenvalue weighted by molar-refractivity contribution is 7.99. The van der Waals surface area contributed by atoms with Crippen LogP contribution in [0.3, 0.4) is 0 Å². The zero-order chi connectivity index (χ0) is 12.1. The topological polar surface area (TPSA) is 70.7 Å². The van der Waals surface area contributed by atoms with E-state index in [0.29, 0.717) is 11.7 Å². The van der Waals surface area contributed by atoms with Gasteiger partial charge in [-0.2, -0.15) is 0 Å². The molecular formula is C10H12N4OS2. The first-order chi connectivity index (χ1) is 8.24. The Balaban J connectivity index is 1.70. The van der Waals surface area contributed by atoms with Crippen LogP contribution in [0.2, 0.25) is 0 Å². The lowest BCUT2D eigenvalue weighted by Gasteiger charge is -2.00. The van der Waals surface area contributed by atoms with Gasteiger partial charge in [-0.3, -0.25) is 10.1 Å². The molecule has 2 heterocycles. The van der Waals surface area contributed by atoms with Crippen molar-refractivity contribution in [1.82, 2.24) is 15.0 Å². The van der Waals surface area contributed by atoms with Gasteiger partial charge in [-0.15, -0.1) is 23.1 Å². The number of aromatic nitrogens is 3. The Labute approximate surface area is 107 Å². The molecule has 0 aliphatic heterocycles. The number of nitrogens with one attached hydrogen (secondary N) is 2. The van der Waals surface area contributed by atoms with E-state index in [2.05, 4.69) is 20.3 Å². The van der Waals surface area contributed by atoms with Crippen LogP contribution in [-0.2, 0) is 10.5 Å². The van der Waals surface area contributed by atoms with Gasteiger partial charge in [0.1, 0.15) is 0 Å². The fourth-order valence-corrected chi connectivity index (χ4v) is 2.66. The maximum absolute atomic E-state index is 11.5. The second kappa shape index (κ2) is 5.83. The summed E-state index contributed by atoms with van der Waals surface area (Å²) in [6.07, 6.45) is 3.27. The van der Waals surface area contributed by atoms with E-state index in [4.69, 9.17) is 0 Å². The Hall–Kier alpha value is -1.34. The van der Waals surface area contributed by atoms with Crippen molar-refractivity contribution in [3.8, 4) is 0 Å². The number of anilines is 1. The van der Waals surface area contributed by atoms with E-state index in [1.165, 1.54) is 0 Å². The van der Waals surface area contributed by atoms with Crippen molar-refractivity contribution in [2.45, 2.75) is 12.7 Å². The molecule has 2 aromatic heterocycles. The summed E-state index contributed by atoms with van der Waals surface area (Å²) in [6.45, 7) is 1.97. The van der Waals surface area contributed by atoms with Crippen molar-refractivity contribution in [2.24, 2.45) is 0 Å². The Morgan fingerprint density at radius 2 is 2.53 bits per heavy atom. The molecule has 1 amide bonds. The molecule has 0 aliphatic rings. The second-order valence-electron chi connectivity index (χ2n) is 3.34. The molecule has 0 unspecified atom stereocenters. The minimum atomic E-state index is -0.0584. The zero-order valence-electron chi connectivity index (χ0n) is 9.27. The molecular weight excluding hydrogens is 256 g/mol. The lowest BCUT2D eigenvalue weighted by atomic mass is 10.6. The number of thioether (sulfide) groups is 1. The molecule has 0 aromatic carbocycles. The van der Waals surface area contributed by atoms with Gasteiger partial charge in [0.15, 0.2) is 0 Å². The summed E-state index contributed by atoms with van der Waals surface area (Å²) in [4.78, 5) is 22.6. The van der Waals surface area contributed by atoms with E-state index in [9.17, 15) is 4.79 Å². The molecule has 0 spiro atoms. The van der Waals surface area contributed by atoms with Crippen molar-refractivity contribution >= 4 is 35.0 Å². The summed E-state index contributed by atoms with van der Waals surface area (Å²) in [5.41, 5.74) is 1.03. The third-order valence-electron chi connectivity index (χ3n) is 1.91. The molecule has 0 saturated carbocycles. The van der Waals surface area contributed by atoms with Crippen LogP contribution in [0.15, 0.2) is 17.8 Å². The third-order valence-corrected chi connectivity index (χ3v) is 3.69. The highest BCUT2D eigenvalue weighted by Gasteiger charge is 2.05. The van der Waals surface area contributed by atoms with Crippen LogP contribution in [0.5, 0.6) is 0 Å². The highest BCUT2D eigenvalue weighted by Crippen LogP contribution is 2.15. The first kappa shape index (κ1) is 12.1.